The SMILES string of the molecule is CCCCNC(=O)NC(=O)CSc1cccc(C)c1N. The molecule has 6 heteroatoms. The molecular formula is C14H21N3O2S. The molecule has 0 aromatic heterocycles. The van der Waals surface area contributed by atoms with Gasteiger partial charge in [-0.3, -0.25) is 10.1 Å². The Labute approximate surface area is 123 Å². The number of rotatable bonds is 6. The van der Waals surface area contributed by atoms with Gasteiger partial charge in [-0.05, 0) is 25.0 Å². The maximum atomic E-state index is 11.6. The Morgan fingerprint density at radius 3 is 2.80 bits per heavy atom. The maximum absolute atomic E-state index is 11.6. The second-order valence-corrected chi connectivity index (χ2v) is 5.45. The van der Waals surface area contributed by atoms with Gasteiger partial charge in [-0.15, -0.1) is 11.8 Å². The molecule has 1 rings (SSSR count). The van der Waals surface area contributed by atoms with E-state index in [9.17, 15) is 9.59 Å². The van der Waals surface area contributed by atoms with E-state index >= 15 is 0 Å². The van der Waals surface area contributed by atoms with Crippen LogP contribution in [0.2, 0.25) is 0 Å². The van der Waals surface area contributed by atoms with Crippen molar-refractivity contribution in [2.24, 2.45) is 0 Å². The Morgan fingerprint density at radius 1 is 1.35 bits per heavy atom. The van der Waals surface area contributed by atoms with Crippen molar-refractivity contribution in [3.05, 3.63) is 23.8 Å². The molecule has 0 atom stereocenters. The van der Waals surface area contributed by atoms with Crippen molar-refractivity contribution >= 4 is 29.4 Å². The van der Waals surface area contributed by atoms with Gasteiger partial charge in [0.1, 0.15) is 0 Å². The molecule has 0 fully saturated rings. The number of nitrogens with one attached hydrogen (secondary N) is 2. The van der Waals surface area contributed by atoms with Gasteiger partial charge in [0.05, 0.1) is 5.75 Å². The van der Waals surface area contributed by atoms with E-state index in [1.807, 2.05) is 32.0 Å². The summed E-state index contributed by atoms with van der Waals surface area (Å²) in [6.07, 6.45) is 1.90. The number of unbranched alkanes of at least 4 members (excludes halogenated alkanes) is 1. The molecule has 0 spiro atoms. The molecule has 0 saturated carbocycles. The number of imide groups is 1. The number of carbonyl (C=O) groups excluding carboxylic acids is 2. The van der Waals surface area contributed by atoms with Gasteiger partial charge < -0.3 is 11.1 Å². The van der Waals surface area contributed by atoms with Crippen LogP contribution < -0.4 is 16.4 Å². The summed E-state index contributed by atoms with van der Waals surface area (Å²) in [5.74, 6) is -0.167. The molecule has 0 radical (unpaired) electrons. The number of urea groups is 1. The lowest BCUT2D eigenvalue weighted by Crippen LogP contribution is -2.40. The average Bonchev–Trinajstić information content (AvgIpc) is 2.41. The summed E-state index contributed by atoms with van der Waals surface area (Å²) in [6.45, 7) is 4.53. The number of nitrogen functional groups attached to an aromatic ring is 1. The van der Waals surface area contributed by atoms with Crippen LogP contribution in [0.4, 0.5) is 10.5 Å². The van der Waals surface area contributed by atoms with Gasteiger partial charge in [0.15, 0.2) is 0 Å². The van der Waals surface area contributed by atoms with Gasteiger partial charge in [-0.2, -0.15) is 0 Å². The first-order valence-electron chi connectivity index (χ1n) is 6.60. The summed E-state index contributed by atoms with van der Waals surface area (Å²) >= 11 is 1.32. The Bertz CT molecular complexity index is 477. The molecule has 0 unspecified atom stereocenters. The lowest BCUT2D eigenvalue weighted by atomic mass is 10.2. The number of aryl methyl sites for hydroxylation is 1. The van der Waals surface area contributed by atoms with Gasteiger partial charge in [0, 0.05) is 17.1 Å². The third-order valence-corrected chi connectivity index (χ3v) is 3.79. The van der Waals surface area contributed by atoms with Crippen LogP contribution in [0, 0.1) is 6.92 Å². The van der Waals surface area contributed by atoms with Crippen LogP contribution in [-0.4, -0.2) is 24.2 Å². The number of anilines is 1. The Morgan fingerprint density at radius 2 is 2.10 bits per heavy atom. The van der Waals surface area contributed by atoms with Crippen LogP contribution in [-0.2, 0) is 4.79 Å². The summed E-state index contributed by atoms with van der Waals surface area (Å²) in [4.78, 5) is 23.9. The third kappa shape index (κ3) is 5.52. The normalized spacial score (nSPS) is 10.1. The second kappa shape index (κ2) is 8.47. The van der Waals surface area contributed by atoms with Crippen LogP contribution in [0.15, 0.2) is 23.1 Å². The fourth-order valence-corrected chi connectivity index (χ4v) is 2.36. The summed E-state index contributed by atoms with van der Waals surface area (Å²) in [6, 6.07) is 5.23. The Balaban J connectivity index is 2.36. The number of thioether (sulfide) groups is 1. The van der Waals surface area contributed by atoms with Crippen molar-refractivity contribution in [1.82, 2.24) is 10.6 Å². The Kier molecular flexibility index (Phi) is 6.93. The molecule has 0 aliphatic carbocycles. The van der Waals surface area contributed by atoms with Crippen LogP contribution in [0.3, 0.4) is 0 Å². The van der Waals surface area contributed by atoms with Crippen molar-refractivity contribution in [2.75, 3.05) is 18.0 Å². The van der Waals surface area contributed by atoms with Gasteiger partial charge in [-0.1, -0.05) is 25.5 Å². The first kappa shape index (κ1) is 16.4. The zero-order valence-electron chi connectivity index (χ0n) is 11.9. The molecular weight excluding hydrogens is 274 g/mol. The number of carbonyl (C=O) groups is 2. The van der Waals surface area contributed by atoms with Crippen LogP contribution in [0.25, 0.3) is 0 Å². The number of para-hydroxylation sites is 1. The molecule has 0 bridgehead atoms. The standard InChI is InChI=1S/C14H21N3O2S/c1-3-4-8-16-14(19)17-12(18)9-20-11-7-5-6-10(2)13(11)15/h5-7H,3-4,8-9,15H2,1-2H3,(H2,16,17,18,19). The predicted molar refractivity (Wildman–Crippen MR) is 82.8 cm³/mol. The van der Waals surface area contributed by atoms with Gasteiger partial charge in [0.2, 0.25) is 5.91 Å². The highest BCUT2D eigenvalue weighted by molar-refractivity contribution is 8.00. The van der Waals surface area contributed by atoms with Gasteiger partial charge >= 0.3 is 6.03 Å². The number of nitrogens with two attached hydrogens (primary N) is 1. The van der Waals surface area contributed by atoms with E-state index in [1.165, 1.54) is 11.8 Å². The highest BCUT2D eigenvalue weighted by atomic mass is 32.2. The van der Waals surface area contributed by atoms with E-state index in [2.05, 4.69) is 10.6 Å². The number of benzene rings is 1. The zero-order chi connectivity index (χ0) is 15.0. The monoisotopic (exact) mass is 295 g/mol. The third-order valence-electron chi connectivity index (χ3n) is 2.71. The molecule has 0 aliphatic rings. The minimum absolute atomic E-state index is 0.162. The number of amides is 3. The van der Waals surface area contributed by atoms with Crippen molar-refractivity contribution in [3.8, 4) is 0 Å². The van der Waals surface area contributed by atoms with Crippen molar-refractivity contribution in [2.45, 2.75) is 31.6 Å². The lowest BCUT2D eigenvalue weighted by molar-refractivity contribution is -0.117. The highest BCUT2D eigenvalue weighted by Gasteiger charge is 2.09. The average molecular weight is 295 g/mol. The molecule has 20 heavy (non-hydrogen) atoms. The van der Waals surface area contributed by atoms with Gasteiger partial charge in [0.25, 0.3) is 0 Å². The fraction of sp³-hybridized carbons (Fsp3) is 0.429. The molecule has 0 saturated heterocycles. The largest absolute Gasteiger partial charge is 0.398 e. The molecule has 0 aliphatic heterocycles. The predicted octanol–water partition coefficient (Wildman–Crippen LogP) is 2.30. The van der Waals surface area contributed by atoms with E-state index in [1.54, 1.807) is 0 Å². The fourth-order valence-electron chi connectivity index (χ4n) is 1.51. The molecule has 1 aromatic carbocycles. The Hall–Kier alpha value is -1.69. The second-order valence-electron chi connectivity index (χ2n) is 4.43. The quantitative estimate of drug-likeness (QED) is 0.427. The van der Waals surface area contributed by atoms with Crippen molar-refractivity contribution in [1.29, 1.82) is 0 Å². The molecule has 0 heterocycles. The topological polar surface area (TPSA) is 84.2 Å². The van der Waals surface area contributed by atoms with E-state index in [4.69, 9.17) is 5.73 Å². The maximum Gasteiger partial charge on any atom is 0.321 e. The summed E-state index contributed by atoms with van der Waals surface area (Å²) < 4.78 is 0. The smallest absolute Gasteiger partial charge is 0.321 e. The van der Waals surface area contributed by atoms with Crippen LogP contribution in [0.1, 0.15) is 25.3 Å². The van der Waals surface area contributed by atoms with E-state index in [0.717, 1.165) is 23.3 Å². The van der Waals surface area contributed by atoms with Crippen molar-refractivity contribution < 1.29 is 9.59 Å². The highest BCUT2D eigenvalue weighted by Crippen LogP contribution is 2.26. The molecule has 3 amide bonds. The van der Waals surface area contributed by atoms with E-state index in [0.29, 0.717) is 12.2 Å². The number of hydrogen-bond donors (Lipinski definition) is 3. The summed E-state index contributed by atoms with van der Waals surface area (Å²) in [5, 5.41) is 4.92. The summed E-state index contributed by atoms with van der Waals surface area (Å²) in [5.41, 5.74) is 7.58. The first-order chi connectivity index (χ1) is 9.54. The first-order valence-corrected chi connectivity index (χ1v) is 7.58. The van der Waals surface area contributed by atoms with Crippen LogP contribution in [0.5, 0.6) is 0 Å². The zero-order valence-corrected chi connectivity index (χ0v) is 12.7. The number of hydrogen-bond acceptors (Lipinski definition) is 4. The lowest BCUT2D eigenvalue weighted by Gasteiger charge is -2.08. The van der Waals surface area contributed by atoms with Gasteiger partial charge in [-0.25, -0.2) is 4.79 Å². The molecule has 1 aromatic rings. The summed E-state index contributed by atoms with van der Waals surface area (Å²) in [7, 11) is 0. The minimum Gasteiger partial charge on any atom is -0.398 e. The molecule has 110 valence electrons. The van der Waals surface area contributed by atoms with E-state index in [-0.39, 0.29) is 11.7 Å². The minimum atomic E-state index is -0.443. The molecule has 5 nitrogen and oxygen atoms in total. The van der Waals surface area contributed by atoms with Crippen molar-refractivity contribution in [3.63, 3.8) is 0 Å². The molecule has 4 N–H and O–H groups in total. The van der Waals surface area contributed by atoms with E-state index < -0.39 is 6.03 Å². The van der Waals surface area contributed by atoms with Crippen LogP contribution >= 0.6 is 11.8 Å².